The summed E-state index contributed by atoms with van der Waals surface area (Å²) < 4.78 is 4.63. The summed E-state index contributed by atoms with van der Waals surface area (Å²) in [6.45, 7) is 4.46. The number of hydrogen-bond donors (Lipinski definition) is 2. The molecule has 7 heteroatoms. The summed E-state index contributed by atoms with van der Waals surface area (Å²) in [5.74, 6) is -1.37. The second-order valence-corrected chi connectivity index (χ2v) is 7.77. The number of carbonyl (C=O) groups excluding carboxylic acids is 2. The third-order valence-electron chi connectivity index (χ3n) is 4.78. The highest BCUT2D eigenvalue weighted by atomic mass is 16.5. The van der Waals surface area contributed by atoms with Gasteiger partial charge in [0.15, 0.2) is 0 Å². The number of esters is 1. The second kappa shape index (κ2) is 11.7. The van der Waals surface area contributed by atoms with E-state index in [-0.39, 0.29) is 25.3 Å². The van der Waals surface area contributed by atoms with Crippen LogP contribution in [0.25, 0.3) is 11.1 Å². The van der Waals surface area contributed by atoms with Crippen LogP contribution in [-0.2, 0) is 20.7 Å². The van der Waals surface area contributed by atoms with Gasteiger partial charge in [-0.15, -0.1) is 0 Å². The number of methoxy groups -OCH3 is 1. The summed E-state index contributed by atoms with van der Waals surface area (Å²) in [6.07, 6.45) is 0.206. The van der Waals surface area contributed by atoms with E-state index in [9.17, 15) is 19.5 Å². The molecule has 0 aliphatic carbocycles. The van der Waals surface area contributed by atoms with Crippen LogP contribution in [0.3, 0.4) is 0 Å². The number of amides is 2. The van der Waals surface area contributed by atoms with Crippen molar-refractivity contribution >= 4 is 18.0 Å². The first kappa shape index (κ1) is 23.9. The average molecular weight is 427 g/mol. The molecule has 0 radical (unpaired) electrons. The van der Waals surface area contributed by atoms with Crippen LogP contribution in [-0.4, -0.2) is 54.2 Å². The van der Waals surface area contributed by atoms with Crippen LogP contribution < -0.4 is 5.32 Å². The molecule has 7 nitrogen and oxygen atoms in total. The van der Waals surface area contributed by atoms with Crippen molar-refractivity contribution < 1.29 is 24.2 Å². The molecule has 0 saturated heterocycles. The molecule has 0 unspecified atom stereocenters. The van der Waals surface area contributed by atoms with Gasteiger partial charge in [-0.3, -0.25) is 4.79 Å². The normalized spacial score (nSPS) is 11.6. The van der Waals surface area contributed by atoms with Crippen LogP contribution >= 0.6 is 0 Å². The lowest BCUT2D eigenvalue weighted by atomic mass is 10.0. The van der Waals surface area contributed by atoms with Crippen molar-refractivity contribution in [3.63, 3.8) is 0 Å². The molecule has 1 atom stereocenters. The van der Waals surface area contributed by atoms with Crippen molar-refractivity contribution in [2.24, 2.45) is 5.92 Å². The van der Waals surface area contributed by atoms with Crippen molar-refractivity contribution in [3.8, 4) is 11.1 Å². The van der Waals surface area contributed by atoms with Gasteiger partial charge in [0.2, 0.25) is 0 Å². The highest BCUT2D eigenvalue weighted by Crippen LogP contribution is 2.19. The van der Waals surface area contributed by atoms with Gasteiger partial charge in [0.25, 0.3) is 0 Å². The van der Waals surface area contributed by atoms with E-state index >= 15 is 0 Å². The lowest BCUT2D eigenvalue weighted by molar-refractivity contribution is -0.141. The molecule has 0 aliphatic rings. The first-order valence-corrected chi connectivity index (χ1v) is 10.3. The molecule has 0 heterocycles. The lowest BCUT2D eigenvalue weighted by Gasteiger charge is -2.26. The Hall–Kier alpha value is -3.35. The number of nitrogens with zero attached hydrogens (tertiary/aromatic N) is 1. The zero-order valence-corrected chi connectivity index (χ0v) is 18.2. The number of ether oxygens (including phenoxy) is 1. The summed E-state index contributed by atoms with van der Waals surface area (Å²) in [5.41, 5.74) is 2.91. The maximum absolute atomic E-state index is 12.7. The Morgan fingerprint density at radius 2 is 1.61 bits per heavy atom. The van der Waals surface area contributed by atoms with Gasteiger partial charge in [-0.2, -0.15) is 0 Å². The number of rotatable bonds is 10. The van der Waals surface area contributed by atoms with E-state index in [1.54, 1.807) is 0 Å². The van der Waals surface area contributed by atoms with E-state index in [1.807, 2.05) is 68.4 Å². The maximum Gasteiger partial charge on any atom is 0.326 e. The van der Waals surface area contributed by atoms with Crippen LogP contribution in [0.1, 0.15) is 25.8 Å². The third-order valence-corrected chi connectivity index (χ3v) is 4.78. The molecule has 0 bridgehead atoms. The van der Waals surface area contributed by atoms with Crippen LogP contribution in [0.5, 0.6) is 0 Å². The molecule has 2 aromatic carbocycles. The van der Waals surface area contributed by atoms with Crippen LogP contribution in [0.2, 0.25) is 0 Å². The molecule has 0 fully saturated rings. The maximum atomic E-state index is 12.7. The molecular weight excluding hydrogens is 396 g/mol. The van der Waals surface area contributed by atoms with Gasteiger partial charge in [-0.25, -0.2) is 9.59 Å². The smallest absolute Gasteiger partial charge is 0.326 e. The number of hydrogen-bond acceptors (Lipinski definition) is 4. The molecule has 0 saturated carbocycles. The molecule has 2 aromatic rings. The van der Waals surface area contributed by atoms with E-state index in [0.717, 1.165) is 16.7 Å². The standard InChI is InChI=1S/C24H30N2O5/c1-17(2)16-26(14-13-22(27)31-3)24(30)25-21(23(28)29)15-18-9-11-20(12-10-18)19-7-5-4-6-8-19/h4-12,17,21H,13-16H2,1-3H3,(H,25,30)(H,28,29)/t21-/m0/s1. The summed E-state index contributed by atoms with van der Waals surface area (Å²) in [4.78, 5) is 37.4. The van der Waals surface area contributed by atoms with Crippen LogP contribution in [0.15, 0.2) is 54.6 Å². The van der Waals surface area contributed by atoms with Crippen molar-refractivity contribution in [1.29, 1.82) is 0 Å². The van der Waals surface area contributed by atoms with E-state index in [2.05, 4.69) is 10.1 Å². The lowest BCUT2D eigenvalue weighted by Crippen LogP contribution is -2.50. The Morgan fingerprint density at radius 3 is 2.16 bits per heavy atom. The predicted molar refractivity (Wildman–Crippen MR) is 119 cm³/mol. The minimum atomic E-state index is -1.11. The highest BCUT2D eigenvalue weighted by molar-refractivity contribution is 5.83. The van der Waals surface area contributed by atoms with Crippen LogP contribution in [0.4, 0.5) is 4.79 Å². The monoisotopic (exact) mass is 426 g/mol. The van der Waals surface area contributed by atoms with E-state index in [4.69, 9.17) is 0 Å². The third kappa shape index (κ3) is 7.77. The topological polar surface area (TPSA) is 95.9 Å². The zero-order chi connectivity index (χ0) is 22.8. The number of aliphatic carboxylic acids is 1. The summed E-state index contributed by atoms with van der Waals surface area (Å²) in [6, 6.07) is 15.9. The Morgan fingerprint density at radius 1 is 1.00 bits per heavy atom. The van der Waals surface area contributed by atoms with Crippen molar-refractivity contribution in [2.45, 2.75) is 32.7 Å². The number of benzene rings is 2. The summed E-state index contributed by atoms with van der Waals surface area (Å²) in [5, 5.41) is 12.2. The van der Waals surface area contributed by atoms with Gasteiger partial charge in [0.05, 0.1) is 13.5 Å². The molecule has 166 valence electrons. The molecule has 0 aliphatic heterocycles. The molecule has 2 N–H and O–H groups in total. The minimum Gasteiger partial charge on any atom is -0.480 e. The number of urea groups is 1. The fourth-order valence-corrected chi connectivity index (χ4v) is 3.18. The molecule has 31 heavy (non-hydrogen) atoms. The molecule has 0 aromatic heterocycles. The number of nitrogens with one attached hydrogen (secondary N) is 1. The van der Waals surface area contributed by atoms with Crippen LogP contribution in [0, 0.1) is 5.92 Å². The van der Waals surface area contributed by atoms with Crippen molar-refractivity contribution in [1.82, 2.24) is 10.2 Å². The van der Waals surface area contributed by atoms with Crippen molar-refractivity contribution in [2.75, 3.05) is 20.2 Å². The van der Waals surface area contributed by atoms with Gasteiger partial charge in [0.1, 0.15) is 6.04 Å². The Kier molecular flexibility index (Phi) is 9.06. The highest BCUT2D eigenvalue weighted by Gasteiger charge is 2.24. The largest absolute Gasteiger partial charge is 0.480 e. The van der Waals surface area contributed by atoms with E-state index in [0.29, 0.717) is 6.54 Å². The van der Waals surface area contributed by atoms with Gasteiger partial charge < -0.3 is 20.1 Å². The van der Waals surface area contributed by atoms with Crippen molar-refractivity contribution in [3.05, 3.63) is 60.2 Å². The van der Waals surface area contributed by atoms with Gasteiger partial charge in [-0.05, 0) is 22.6 Å². The Bertz CT molecular complexity index is 865. The van der Waals surface area contributed by atoms with Gasteiger partial charge >= 0.3 is 18.0 Å². The number of carboxylic acid groups (broad SMARTS) is 1. The number of carbonyl (C=O) groups is 3. The molecule has 0 spiro atoms. The van der Waals surface area contributed by atoms with E-state index < -0.39 is 24.0 Å². The average Bonchev–Trinajstić information content (AvgIpc) is 2.76. The zero-order valence-electron chi connectivity index (χ0n) is 18.2. The predicted octanol–water partition coefficient (Wildman–Crippen LogP) is 3.58. The Balaban J connectivity index is 2.05. The quantitative estimate of drug-likeness (QED) is 0.566. The molecule has 2 amide bonds. The second-order valence-electron chi connectivity index (χ2n) is 7.77. The first-order chi connectivity index (χ1) is 14.8. The number of carboxylic acids is 1. The SMILES string of the molecule is COC(=O)CCN(CC(C)C)C(=O)N[C@@H](Cc1ccc(-c2ccccc2)cc1)C(=O)O. The minimum absolute atomic E-state index is 0.0509. The van der Waals surface area contributed by atoms with Gasteiger partial charge in [0, 0.05) is 19.5 Å². The fourth-order valence-electron chi connectivity index (χ4n) is 3.18. The Labute approximate surface area is 183 Å². The van der Waals surface area contributed by atoms with E-state index in [1.165, 1.54) is 12.0 Å². The molecular formula is C24H30N2O5. The van der Waals surface area contributed by atoms with Gasteiger partial charge in [-0.1, -0.05) is 68.4 Å². The molecule has 2 rings (SSSR count). The summed E-state index contributed by atoms with van der Waals surface area (Å²) in [7, 11) is 1.29. The first-order valence-electron chi connectivity index (χ1n) is 10.3. The summed E-state index contributed by atoms with van der Waals surface area (Å²) >= 11 is 0. The fraction of sp³-hybridized carbons (Fsp3) is 0.375.